The summed E-state index contributed by atoms with van der Waals surface area (Å²) in [5.74, 6) is 2.89. The Morgan fingerprint density at radius 1 is 0.769 bits per heavy atom. The predicted octanol–water partition coefficient (Wildman–Crippen LogP) is 7.12. The zero-order valence-corrected chi connectivity index (χ0v) is 25.8. The maximum absolute atomic E-state index is 12.3. The van der Waals surface area contributed by atoms with Gasteiger partial charge in [-0.15, -0.1) is 0 Å². The van der Waals surface area contributed by atoms with Crippen LogP contribution in [0.3, 0.4) is 0 Å². The van der Waals surface area contributed by atoms with Crippen LogP contribution in [0, 0.1) is 52.3 Å². The van der Waals surface area contributed by atoms with Crippen molar-refractivity contribution in [1.29, 1.82) is 0 Å². The van der Waals surface area contributed by atoms with Crippen LogP contribution in [0.15, 0.2) is 0 Å². The van der Waals surface area contributed by atoms with Gasteiger partial charge < -0.3 is 14.2 Å². The van der Waals surface area contributed by atoms with Gasteiger partial charge in [0.25, 0.3) is 0 Å². The lowest BCUT2D eigenvalue weighted by atomic mass is 9.43. The van der Waals surface area contributed by atoms with Crippen LogP contribution in [-0.4, -0.2) is 36.2 Å². The molecule has 0 aromatic carbocycles. The van der Waals surface area contributed by atoms with Gasteiger partial charge >= 0.3 is 17.9 Å². The molecule has 0 aliphatic heterocycles. The summed E-state index contributed by atoms with van der Waals surface area (Å²) in [4.78, 5) is 35.7. The number of carbonyl (C=O) groups excluding carboxylic acids is 3. The van der Waals surface area contributed by atoms with E-state index in [1.165, 1.54) is 39.5 Å². The molecule has 222 valence electrons. The molecule has 4 rings (SSSR count). The Labute approximate surface area is 236 Å². The zero-order chi connectivity index (χ0) is 28.7. The van der Waals surface area contributed by atoms with Crippen molar-refractivity contribution in [3.63, 3.8) is 0 Å². The van der Waals surface area contributed by atoms with E-state index in [0.717, 1.165) is 38.5 Å². The van der Waals surface area contributed by atoms with Gasteiger partial charge in [-0.2, -0.15) is 0 Å². The second-order valence-corrected chi connectivity index (χ2v) is 14.6. The SMILES string of the molecule is CC(=O)O[C@H]1CC[C@@]2(C)[C@H](C1)C[C@@H](OC(C)=O)[C@@H]1[C@@H]2CC[C@]2(C)[C@@H]([C@H](C)CC[C@@H](OC(C)=O)C(C)C)CC[C@@H]12. The third kappa shape index (κ3) is 6.05. The van der Waals surface area contributed by atoms with Crippen LogP contribution in [0.4, 0.5) is 0 Å². The maximum atomic E-state index is 12.3. The van der Waals surface area contributed by atoms with Crippen molar-refractivity contribution in [2.45, 2.75) is 138 Å². The normalized spacial score (nSPS) is 41.0. The topological polar surface area (TPSA) is 78.9 Å². The lowest BCUT2D eigenvalue weighted by Gasteiger charge is -2.62. The molecule has 0 unspecified atom stereocenters. The smallest absolute Gasteiger partial charge is 0.302 e. The molecule has 0 aromatic heterocycles. The van der Waals surface area contributed by atoms with E-state index < -0.39 is 0 Å². The van der Waals surface area contributed by atoms with Crippen molar-refractivity contribution in [3.8, 4) is 0 Å². The van der Waals surface area contributed by atoms with E-state index in [1.807, 2.05) is 0 Å². The van der Waals surface area contributed by atoms with Crippen molar-refractivity contribution in [2.75, 3.05) is 0 Å². The summed E-state index contributed by atoms with van der Waals surface area (Å²) in [5.41, 5.74) is 0.448. The lowest BCUT2D eigenvalue weighted by molar-refractivity contribution is -0.197. The van der Waals surface area contributed by atoms with Gasteiger partial charge in [-0.3, -0.25) is 14.4 Å². The molecular formula is C33H54O6. The van der Waals surface area contributed by atoms with Gasteiger partial charge in [0.15, 0.2) is 0 Å². The van der Waals surface area contributed by atoms with Crippen LogP contribution in [0.25, 0.3) is 0 Å². The van der Waals surface area contributed by atoms with Crippen molar-refractivity contribution >= 4 is 17.9 Å². The first-order valence-electron chi connectivity index (χ1n) is 15.8. The van der Waals surface area contributed by atoms with Crippen LogP contribution in [0.5, 0.6) is 0 Å². The number of esters is 3. The molecule has 0 radical (unpaired) electrons. The highest BCUT2D eigenvalue weighted by atomic mass is 16.6. The lowest BCUT2D eigenvalue weighted by Crippen LogP contribution is -2.59. The number of rotatable bonds is 8. The fourth-order valence-corrected chi connectivity index (χ4v) is 10.2. The average molecular weight is 547 g/mol. The second-order valence-electron chi connectivity index (χ2n) is 14.6. The van der Waals surface area contributed by atoms with Gasteiger partial charge in [0.05, 0.1) is 0 Å². The van der Waals surface area contributed by atoms with Gasteiger partial charge in [0, 0.05) is 26.7 Å². The minimum Gasteiger partial charge on any atom is -0.463 e. The summed E-state index contributed by atoms with van der Waals surface area (Å²) in [5, 5.41) is 0. The number of carbonyl (C=O) groups is 3. The second kappa shape index (κ2) is 11.7. The molecule has 0 aromatic rings. The Bertz CT molecular complexity index is 914. The Hall–Kier alpha value is -1.59. The highest BCUT2D eigenvalue weighted by Crippen LogP contribution is 2.69. The van der Waals surface area contributed by atoms with Crippen molar-refractivity contribution in [1.82, 2.24) is 0 Å². The fourth-order valence-electron chi connectivity index (χ4n) is 10.2. The molecule has 0 amide bonds. The third-order valence-corrected chi connectivity index (χ3v) is 12.0. The predicted molar refractivity (Wildman–Crippen MR) is 150 cm³/mol. The summed E-state index contributed by atoms with van der Waals surface area (Å²) in [6, 6.07) is 0. The van der Waals surface area contributed by atoms with Gasteiger partial charge in [-0.25, -0.2) is 0 Å². The fraction of sp³-hybridized carbons (Fsp3) is 0.909. The Kier molecular flexibility index (Phi) is 9.13. The summed E-state index contributed by atoms with van der Waals surface area (Å²) in [6.45, 7) is 16.3. The van der Waals surface area contributed by atoms with Crippen LogP contribution in [0.2, 0.25) is 0 Å². The van der Waals surface area contributed by atoms with Crippen LogP contribution >= 0.6 is 0 Å². The Morgan fingerprint density at radius 3 is 2.03 bits per heavy atom. The molecular weight excluding hydrogens is 492 g/mol. The molecule has 0 N–H and O–H groups in total. The Morgan fingerprint density at radius 2 is 1.41 bits per heavy atom. The van der Waals surface area contributed by atoms with Crippen LogP contribution < -0.4 is 0 Å². The van der Waals surface area contributed by atoms with E-state index in [4.69, 9.17) is 14.2 Å². The molecule has 6 nitrogen and oxygen atoms in total. The molecule has 11 atom stereocenters. The Balaban J connectivity index is 1.53. The molecule has 4 saturated carbocycles. The number of hydrogen-bond donors (Lipinski definition) is 0. The van der Waals surface area contributed by atoms with Crippen LogP contribution in [-0.2, 0) is 28.6 Å². The standard InChI is InChI=1S/C33H54O6/c1-19(2)29(38-22(5)35)12-9-20(3)26-10-11-27-31-28(14-16-33(26,27)8)32(7)15-13-25(37-21(4)34)17-24(32)18-30(31)39-23(6)36/h19-20,24-31H,9-18H2,1-8H3/t20-,24-,25+,26-,27+,28+,29-,30-,31+,32+,33-/m1/s1. The van der Waals surface area contributed by atoms with Gasteiger partial charge in [-0.05, 0) is 111 Å². The minimum absolute atomic E-state index is 0.0117. The van der Waals surface area contributed by atoms with E-state index in [1.54, 1.807) is 6.92 Å². The zero-order valence-electron chi connectivity index (χ0n) is 25.8. The third-order valence-electron chi connectivity index (χ3n) is 12.0. The molecule has 4 aliphatic carbocycles. The highest BCUT2D eigenvalue weighted by Gasteiger charge is 2.64. The van der Waals surface area contributed by atoms with E-state index in [-0.39, 0.29) is 47.0 Å². The first-order chi connectivity index (χ1) is 18.3. The van der Waals surface area contributed by atoms with Crippen molar-refractivity contribution in [3.05, 3.63) is 0 Å². The first-order valence-corrected chi connectivity index (χ1v) is 15.8. The molecule has 0 heterocycles. The summed E-state index contributed by atoms with van der Waals surface area (Å²) in [7, 11) is 0. The number of fused-ring (bicyclic) bond motifs is 5. The largest absolute Gasteiger partial charge is 0.463 e. The molecule has 4 aliphatic rings. The molecule has 39 heavy (non-hydrogen) atoms. The summed E-state index contributed by atoms with van der Waals surface area (Å²) >= 11 is 0. The quantitative estimate of drug-likeness (QED) is 0.238. The molecule has 0 saturated heterocycles. The highest BCUT2D eigenvalue weighted by molar-refractivity contribution is 5.66. The molecule has 4 fully saturated rings. The van der Waals surface area contributed by atoms with Gasteiger partial charge in [0.2, 0.25) is 0 Å². The summed E-state index contributed by atoms with van der Waals surface area (Å²) < 4.78 is 17.5. The van der Waals surface area contributed by atoms with E-state index >= 15 is 0 Å². The van der Waals surface area contributed by atoms with E-state index in [0.29, 0.717) is 41.4 Å². The molecule has 0 spiro atoms. The minimum atomic E-state index is -0.194. The van der Waals surface area contributed by atoms with Crippen molar-refractivity contribution in [2.24, 2.45) is 52.3 Å². The number of ether oxygens (including phenoxy) is 3. The number of hydrogen-bond acceptors (Lipinski definition) is 6. The maximum Gasteiger partial charge on any atom is 0.302 e. The monoisotopic (exact) mass is 546 g/mol. The van der Waals surface area contributed by atoms with Crippen LogP contribution in [0.1, 0.15) is 120 Å². The first kappa shape index (κ1) is 30.4. The van der Waals surface area contributed by atoms with Gasteiger partial charge in [-0.1, -0.05) is 34.6 Å². The molecule has 6 heteroatoms. The van der Waals surface area contributed by atoms with Gasteiger partial charge in [0.1, 0.15) is 18.3 Å². The summed E-state index contributed by atoms with van der Waals surface area (Å²) in [6.07, 6.45) is 10.6. The van der Waals surface area contributed by atoms with E-state index in [9.17, 15) is 14.4 Å². The molecule has 0 bridgehead atoms. The van der Waals surface area contributed by atoms with Crippen molar-refractivity contribution < 1.29 is 28.6 Å². The average Bonchev–Trinajstić information content (AvgIpc) is 3.18. The van der Waals surface area contributed by atoms with E-state index in [2.05, 4.69) is 34.6 Å².